The number of nitrogens with two attached hydrogens (primary N) is 2. The lowest BCUT2D eigenvalue weighted by Gasteiger charge is -2.59. The van der Waals surface area contributed by atoms with Crippen molar-refractivity contribution in [3.63, 3.8) is 0 Å². The van der Waals surface area contributed by atoms with Gasteiger partial charge in [0, 0.05) is 50.7 Å². The predicted octanol–water partition coefficient (Wildman–Crippen LogP) is 2.71. The lowest BCUT2D eigenvalue weighted by atomic mass is 9.73. The largest absolute Gasteiger partial charge is 0.370 e. The van der Waals surface area contributed by atoms with Crippen LogP contribution >= 0.6 is 0 Å². The lowest BCUT2D eigenvalue weighted by Crippen LogP contribution is -2.72. The fourth-order valence-corrected chi connectivity index (χ4v) is 6.63. The maximum atomic E-state index is 13.0. The fourth-order valence-electron chi connectivity index (χ4n) is 6.63. The molecule has 0 aromatic carbocycles. The summed E-state index contributed by atoms with van der Waals surface area (Å²) >= 11 is 0. The van der Waals surface area contributed by atoms with Gasteiger partial charge in [0.15, 0.2) is 22.9 Å². The quantitative estimate of drug-likeness (QED) is 0.143. The number of nitrogens with zero attached hydrogens (tertiary/aromatic N) is 8. The first-order valence-corrected chi connectivity index (χ1v) is 15.1. The van der Waals surface area contributed by atoms with Crippen molar-refractivity contribution in [1.82, 2.24) is 34.3 Å². The van der Waals surface area contributed by atoms with Gasteiger partial charge in [0.05, 0.1) is 18.2 Å². The van der Waals surface area contributed by atoms with E-state index < -0.39 is 0 Å². The molecule has 42 heavy (non-hydrogen) atoms. The second kappa shape index (κ2) is 12.1. The summed E-state index contributed by atoms with van der Waals surface area (Å²) in [5.74, 6) is 1.33. The molecule has 6 rings (SSSR count). The van der Waals surface area contributed by atoms with Crippen molar-refractivity contribution in [3.05, 3.63) is 30.4 Å². The number of hydrogen-bond acceptors (Lipinski definition) is 9. The number of anilines is 3. The summed E-state index contributed by atoms with van der Waals surface area (Å²) in [4.78, 5) is 40.0. The van der Waals surface area contributed by atoms with Gasteiger partial charge in [0.25, 0.3) is 5.91 Å². The minimum Gasteiger partial charge on any atom is -0.370 e. The third kappa shape index (κ3) is 6.10. The normalized spacial score (nSPS) is 18.2. The molecule has 3 aliphatic rings. The number of pyridine rings is 1. The predicted molar refractivity (Wildman–Crippen MR) is 164 cm³/mol. The highest BCUT2D eigenvalue weighted by Gasteiger charge is 2.52. The van der Waals surface area contributed by atoms with E-state index in [4.69, 9.17) is 26.4 Å². The molecule has 0 atom stereocenters. The number of guanidine groups is 1. The number of hydrogen-bond donors (Lipinski definition) is 4. The van der Waals surface area contributed by atoms with Crippen LogP contribution in [0.5, 0.6) is 0 Å². The molecular formula is C29H42N12O. The number of nitrogens with one attached hydrogen (secondary N) is 2. The minimum atomic E-state index is -0.0100. The lowest BCUT2D eigenvalue weighted by molar-refractivity contribution is -0.0873. The maximum absolute atomic E-state index is 13.0. The molecule has 0 bridgehead atoms. The first-order chi connectivity index (χ1) is 20.4. The number of rotatable bonds is 12. The van der Waals surface area contributed by atoms with Crippen molar-refractivity contribution in [1.29, 1.82) is 0 Å². The van der Waals surface area contributed by atoms with Gasteiger partial charge >= 0.3 is 0 Å². The number of imidazole rings is 1. The molecule has 0 radical (unpaired) electrons. The van der Waals surface area contributed by atoms with E-state index in [-0.39, 0.29) is 11.9 Å². The van der Waals surface area contributed by atoms with Crippen molar-refractivity contribution in [2.45, 2.75) is 57.4 Å². The zero-order chi connectivity index (χ0) is 29.1. The van der Waals surface area contributed by atoms with E-state index in [2.05, 4.69) is 37.1 Å². The van der Waals surface area contributed by atoms with E-state index in [0.717, 1.165) is 88.1 Å². The number of carbonyl (C=O) groups excluding carboxylic acids is 1. The second-order valence-electron chi connectivity index (χ2n) is 12.2. The number of unbranched alkanes of at least 4 members (excludes halogenated alkanes) is 3. The average Bonchev–Trinajstić information content (AvgIpc) is 3.61. The Balaban J connectivity index is 1.12. The van der Waals surface area contributed by atoms with Crippen LogP contribution in [-0.4, -0.2) is 92.5 Å². The monoisotopic (exact) mass is 574 g/mol. The number of aliphatic imine (C=N–C) groups is 1. The summed E-state index contributed by atoms with van der Waals surface area (Å²) in [6.07, 6.45) is 12.4. The number of fused-ring (bicyclic) bond motifs is 1. The minimum absolute atomic E-state index is 0.0100. The highest BCUT2D eigenvalue weighted by Crippen LogP contribution is 2.39. The van der Waals surface area contributed by atoms with E-state index in [9.17, 15) is 4.79 Å². The molecular weight excluding hydrogens is 532 g/mol. The third-order valence-corrected chi connectivity index (χ3v) is 8.60. The summed E-state index contributed by atoms with van der Waals surface area (Å²) in [5.41, 5.74) is 13.8. The molecule has 1 saturated carbocycles. The Kier molecular flexibility index (Phi) is 8.09. The molecule has 6 N–H and O–H groups in total. The van der Waals surface area contributed by atoms with Gasteiger partial charge in [0.2, 0.25) is 5.95 Å². The first-order valence-electron chi connectivity index (χ1n) is 15.1. The van der Waals surface area contributed by atoms with Gasteiger partial charge in [-0.2, -0.15) is 9.97 Å². The van der Waals surface area contributed by atoms with Gasteiger partial charge in [-0.25, -0.2) is 9.97 Å². The molecule has 1 aliphatic carbocycles. The number of aromatic nitrogens is 5. The van der Waals surface area contributed by atoms with E-state index >= 15 is 0 Å². The molecule has 0 unspecified atom stereocenters. The highest BCUT2D eigenvalue weighted by molar-refractivity contribution is 5.93. The smallest absolute Gasteiger partial charge is 0.272 e. The van der Waals surface area contributed by atoms with Crippen molar-refractivity contribution >= 4 is 40.5 Å². The Labute approximate surface area is 246 Å². The first kappa shape index (κ1) is 28.1. The second-order valence-corrected chi connectivity index (χ2v) is 12.2. The zero-order valence-corrected chi connectivity index (χ0v) is 24.4. The van der Waals surface area contributed by atoms with Gasteiger partial charge in [-0.05, 0) is 44.9 Å². The van der Waals surface area contributed by atoms with Crippen LogP contribution in [0.25, 0.3) is 11.2 Å². The summed E-state index contributed by atoms with van der Waals surface area (Å²) < 4.78 is 2.20. The van der Waals surface area contributed by atoms with Gasteiger partial charge in [-0.3, -0.25) is 9.79 Å². The highest BCUT2D eigenvalue weighted by atomic mass is 16.2. The van der Waals surface area contributed by atoms with Crippen LogP contribution in [0.15, 0.2) is 29.6 Å². The van der Waals surface area contributed by atoms with Crippen LogP contribution in [0, 0.1) is 5.41 Å². The van der Waals surface area contributed by atoms with E-state index in [1.54, 1.807) is 12.3 Å². The number of carbonyl (C=O) groups is 1. The van der Waals surface area contributed by atoms with E-state index in [0.29, 0.717) is 35.5 Å². The van der Waals surface area contributed by atoms with Gasteiger partial charge in [-0.1, -0.05) is 25.7 Å². The molecule has 13 nitrogen and oxygen atoms in total. The van der Waals surface area contributed by atoms with Crippen LogP contribution in [0.2, 0.25) is 0 Å². The molecule has 2 saturated heterocycles. The third-order valence-electron chi connectivity index (χ3n) is 8.60. The maximum Gasteiger partial charge on any atom is 0.272 e. The van der Waals surface area contributed by atoms with Crippen LogP contribution in [0.4, 0.5) is 17.5 Å². The molecule has 1 spiro atoms. The van der Waals surface area contributed by atoms with Gasteiger partial charge < -0.3 is 36.5 Å². The summed E-state index contributed by atoms with van der Waals surface area (Å²) in [5, 5.41) is 6.80. The Hall–Kier alpha value is -4.00. The van der Waals surface area contributed by atoms with Crippen LogP contribution in [0.1, 0.15) is 67.9 Å². The van der Waals surface area contributed by atoms with Gasteiger partial charge in [-0.15, -0.1) is 0 Å². The molecule has 5 heterocycles. The van der Waals surface area contributed by atoms with Crippen molar-refractivity contribution < 1.29 is 4.79 Å². The average molecular weight is 575 g/mol. The van der Waals surface area contributed by atoms with E-state index in [1.165, 1.54) is 12.8 Å². The molecule has 2 aliphatic heterocycles. The molecule has 3 aromatic rings. The van der Waals surface area contributed by atoms with Crippen molar-refractivity contribution in [2.75, 3.05) is 56.9 Å². The summed E-state index contributed by atoms with van der Waals surface area (Å²) in [6, 6.07) is 4.07. The van der Waals surface area contributed by atoms with Crippen LogP contribution in [0.3, 0.4) is 0 Å². The Morgan fingerprint density at radius 2 is 1.83 bits per heavy atom. The number of amides is 1. The van der Waals surface area contributed by atoms with Crippen LogP contribution in [-0.2, 0) is 0 Å². The van der Waals surface area contributed by atoms with Crippen molar-refractivity contribution in [3.8, 4) is 0 Å². The topological polar surface area (TPSA) is 168 Å². The van der Waals surface area contributed by atoms with E-state index in [1.807, 2.05) is 17.3 Å². The molecule has 3 aromatic heterocycles. The molecule has 1 amide bonds. The van der Waals surface area contributed by atoms with Crippen molar-refractivity contribution in [2.24, 2.45) is 21.9 Å². The zero-order valence-electron chi connectivity index (χ0n) is 24.4. The Morgan fingerprint density at radius 1 is 1.05 bits per heavy atom. The van der Waals surface area contributed by atoms with Crippen LogP contribution < -0.4 is 22.1 Å². The van der Waals surface area contributed by atoms with Gasteiger partial charge in [0.1, 0.15) is 5.69 Å². The molecule has 3 fully saturated rings. The summed E-state index contributed by atoms with van der Waals surface area (Å²) in [6.45, 7) is 5.18. The molecule has 13 heteroatoms. The standard InChI is InChI=1S/C29H42N12O/c1-39-15-29(16-39)17-40(18-29)26(42)22-11-10-20(14-34-22)36-24-23-25(41(19-35-23)21-8-4-5-9-21)38-28(37-24)33-13-7-3-2-6-12-32-27(30)31/h10-11,14,19,21H,2-9,12-13,15-18H2,1H3,(H4,30,31,32)(H2,33,36,37,38). The Bertz CT molecular complexity index is 1410. The Morgan fingerprint density at radius 3 is 2.55 bits per heavy atom. The SMILES string of the molecule is CN1CC2(C1)CN(C(=O)c1ccc(Nc3nc(NCCCCCCN=C(N)N)nc4c3ncn4C3CCCC3)cn1)C2. The fraction of sp³-hybridized carbons (Fsp3) is 0.586. The summed E-state index contributed by atoms with van der Waals surface area (Å²) in [7, 11) is 2.12. The number of likely N-dealkylation sites (tertiary alicyclic amines) is 2. The molecule has 224 valence electrons.